The average molecular weight is 269 g/mol. The van der Waals surface area contributed by atoms with Crippen molar-refractivity contribution in [2.75, 3.05) is 32.1 Å². The van der Waals surface area contributed by atoms with Gasteiger partial charge in [0, 0.05) is 25.9 Å². The standard InChI is InChI=1S/C13H20FN3S/c1-15-13(17-9-10-18-2)16-8-7-11-5-3-4-6-12(11)14/h3-6H,7-10H2,1-2H3,(H2,15,16,17). The van der Waals surface area contributed by atoms with Crippen LogP contribution in [0.5, 0.6) is 0 Å². The molecule has 0 radical (unpaired) electrons. The Hall–Kier alpha value is -1.23. The maximum Gasteiger partial charge on any atom is 0.191 e. The zero-order valence-electron chi connectivity index (χ0n) is 10.9. The van der Waals surface area contributed by atoms with Crippen LogP contribution in [0.3, 0.4) is 0 Å². The maximum absolute atomic E-state index is 13.4. The van der Waals surface area contributed by atoms with E-state index in [1.54, 1.807) is 30.9 Å². The van der Waals surface area contributed by atoms with Gasteiger partial charge in [-0.2, -0.15) is 11.8 Å². The second-order valence-electron chi connectivity index (χ2n) is 3.76. The quantitative estimate of drug-likeness (QED) is 0.470. The first-order valence-corrected chi connectivity index (χ1v) is 7.34. The molecule has 0 aliphatic rings. The molecule has 0 aliphatic carbocycles. The van der Waals surface area contributed by atoms with Gasteiger partial charge < -0.3 is 10.6 Å². The first-order valence-electron chi connectivity index (χ1n) is 5.94. The molecule has 0 aromatic heterocycles. The summed E-state index contributed by atoms with van der Waals surface area (Å²) in [5, 5.41) is 6.36. The zero-order chi connectivity index (χ0) is 13.2. The molecule has 3 nitrogen and oxygen atoms in total. The van der Waals surface area contributed by atoms with Gasteiger partial charge in [0.25, 0.3) is 0 Å². The molecule has 0 fully saturated rings. The Morgan fingerprint density at radius 3 is 2.67 bits per heavy atom. The number of hydrogen-bond acceptors (Lipinski definition) is 2. The molecule has 0 saturated carbocycles. The lowest BCUT2D eigenvalue weighted by atomic mass is 10.1. The van der Waals surface area contributed by atoms with Crippen LogP contribution in [-0.4, -0.2) is 38.1 Å². The molecule has 1 aromatic rings. The highest BCUT2D eigenvalue weighted by Gasteiger charge is 2.01. The molecular weight excluding hydrogens is 249 g/mol. The average Bonchev–Trinajstić information content (AvgIpc) is 2.39. The minimum Gasteiger partial charge on any atom is -0.356 e. The van der Waals surface area contributed by atoms with Crippen molar-refractivity contribution in [1.29, 1.82) is 0 Å². The largest absolute Gasteiger partial charge is 0.356 e. The van der Waals surface area contributed by atoms with Crippen LogP contribution in [0, 0.1) is 5.82 Å². The van der Waals surface area contributed by atoms with E-state index in [1.807, 2.05) is 6.07 Å². The summed E-state index contributed by atoms with van der Waals surface area (Å²) in [5.74, 6) is 1.65. The lowest BCUT2D eigenvalue weighted by molar-refractivity contribution is 0.607. The molecule has 100 valence electrons. The molecular formula is C13H20FN3S. The number of nitrogens with one attached hydrogen (secondary N) is 2. The molecule has 2 N–H and O–H groups in total. The number of aliphatic imine (C=N–C) groups is 1. The predicted octanol–water partition coefficient (Wildman–Crippen LogP) is 1.90. The van der Waals surface area contributed by atoms with E-state index in [-0.39, 0.29) is 5.82 Å². The molecule has 1 aromatic carbocycles. The summed E-state index contributed by atoms with van der Waals surface area (Å²) in [6, 6.07) is 6.85. The van der Waals surface area contributed by atoms with E-state index < -0.39 is 0 Å². The molecule has 0 amide bonds. The third-order valence-electron chi connectivity index (χ3n) is 2.47. The molecule has 5 heteroatoms. The van der Waals surface area contributed by atoms with E-state index in [0.29, 0.717) is 13.0 Å². The minimum absolute atomic E-state index is 0.148. The van der Waals surface area contributed by atoms with Crippen molar-refractivity contribution < 1.29 is 4.39 Å². The van der Waals surface area contributed by atoms with Crippen LogP contribution < -0.4 is 10.6 Å². The number of guanidine groups is 1. The first kappa shape index (κ1) is 14.8. The molecule has 0 spiro atoms. The van der Waals surface area contributed by atoms with Crippen LogP contribution in [0.1, 0.15) is 5.56 Å². The van der Waals surface area contributed by atoms with Crippen molar-refractivity contribution in [2.24, 2.45) is 4.99 Å². The molecule has 0 heterocycles. The minimum atomic E-state index is -0.148. The van der Waals surface area contributed by atoms with Gasteiger partial charge in [-0.05, 0) is 24.3 Å². The summed E-state index contributed by atoms with van der Waals surface area (Å²) in [6.07, 6.45) is 2.71. The fraction of sp³-hybridized carbons (Fsp3) is 0.462. The van der Waals surface area contributed by atoms with Gasteiger partial charge in [0.15, 0.2) is 5.96 Å². The summed E-state index contributed by atoms with van der Waals surface area (Å²) in [5.41, 5.74) is 0.726. The van der Waals surface area contributed by atoms with Crippen molar-refractivity contribution in [2.45, 2.75) is 6.42 Å². The van der Waals surface area contributed by atoms with E-state index in [1.165, 1.54) is 6.07 Å². The Kier molecular flexibility index (Phi) is 7.25. The van der Waals surface area contributed by atoms with Gasteiger partial charge in [-0.25, -0.2) is 4.39 Å². The first-order chi connectivity index (χ1) is 8.77. The molecule has 0 unspecified atom stereocenters. The fourth-order valence-corrected chi connectivity index (χ4v) is 1.82. The van der Waals surface area contributed by atoms with E-state index >= 15 is 0 Å². The zero-order valence-corrected chi connectivity index (χ0v) is 11.7. The number of hydrogen-bond donors (Lipinski definition) is 2. The second-order valence-corrected chi connectivity index (χ2v) is 4.75. The lowest BCUT2D eigenvalue weighted by Crippen LogP contribution is -2.39. The van der Waals surface area contributed by atoms with Crippen LogP contribution in [0.2, 0.25) is 0 Å². The van der Waals surface area contributed by atoms with Gasteiger partial charge in [-0.3, -0.25) is 4.99 Å². The van der Waals surface area contributed by atoms with Gasteiger partial charge in [0.1, 0.15) is 5.82 Å². The van der Waals surface area contributed by atoms with Crippen LogP contribution in [-0.2, 0) is 6.42 Å². The summed E-state index contributed by atoms with van der Waals surface area (Å²) >= 11 is 1.78. The van der Waals surface area contributed by atoms with Crippen LogP contribution in [0.4, 0.5) is 4.39 Å². The lowest BCUT2D eigenvalue weighted by Gasteiger charge is -2.11. The van der Waals surface area contributed by atoms with Gasteiger partial charge in [0.05, 0.1) is 0 Å². The highest BCUT2D eigenvalue weighted by molar-refractivity contribution is 7.98. The third-order valence-corrected chi connectivity index (χ3v) is 3.08. The number of benzene rings is 1. The summed E-state index contributed by atoms with van der Waals surface area (Å²) in [6.45, 7) is 1.54. The van der Waals surface area contributed by atoms with E-state index in [9.17, 15) is 4.39 Å². The molecule has 18 heavy (non-hydrogen) atoms. The van der Waals surface area contributed by atoms with Crippen LogP contribution >= 0.6 is 11.8 Å². The van der Waals surface area contributed by atoms with Crippen LogP contribution in [0.15, 0.2) is 29.3 Å². The normalized spacial score (nSPS) is 11.4. The Labute approximate surface area is 112 Å². The maximum atomic E-state index is 13.4. The number of rotatable bonds is 6. The van der Waals surface area contributed by atoms with Crippen molar-refractivity contribution in [3.05, 3.63) is 35.6 Å². The number of thioether (sulfide) groups is 1. The topological polar surface area (TPSA) is 36.4 Å². The third kappa shape index (κ3) is 5.40. The van der Waals surface area contributed by atoms with Gasteiger partial charge in [0.2, 0.25) is 0 Å². The van der Waals surface area contributed by atoms with E-state index in [2.05, 4.69) is 21.9 Å². The second kappa shape index (κ2) is 8.80. The Bertz CT molecular complexity index is 382. The monoisotopic (exact) mass is 269 g/mol. The van der Waals surface area contributed by atoms with Gasteiger partial charge in [-0.1, -0.05) is 18.2 Å². The molecule has 0 aliphatic heterocycles. The van der Waals surface area contributed by atoms with E-state index in [4.69, 9.17) is 0 Å². The van der Waals surface area contributed by atoms with Crippen molar-refractivity contribution in [3.63, 3.8) is 0 Å². The number of nitrogens with zero attached hydrogens (tertiary/aromatic N) is 1. The molecule has 0 saturated heterocycles. The highest BCUT2D eigenvalue weighted by atomic mass is 32.2. The number of halogens is 1. The highest BCUT2D eigenvalue weighted by Crippen LogP contribution is 2.05. The molecule has 0 atom stereocenters. The smallest absolute Gasteiger partial charge is 0.191 e. The SMILES string of the molecule is CN=C(NCCSC)NCCc1ccccc1F. The van der Waals surface area contributed by atoms with E-state index in [0.717, 1.165) is 23.8 Å². The summed E-state index contributed by atoms with van der Waals surface area (Å²) in [4.78, 5) is 4.10. The predicted molar refractivity (Wildman–Crippen MR) is 77.9 cm³/mol. The Morgan fingerprint density at radius 2 is 2.00 bits per heavy atom. The molecule has 0 bridgehead atoms. The van der Waals surface area contributed by atoms with Gasteiger partial charge in [-0.15, -0.1) is 0 Å². The summed E-state index contributed by atoms with van der Waals surface area (Å²) < 4.78 is 13.4. The Balaban J connectivity index is 2.30. The summed E-state index contributed by atoms with van der Waals surface area (Å²) in [7, 11) is 1.73. The van der Waals surface area contributed by atoms with Crippen molar-refractivity contribution in [1.82, 2.24) is 10.6 Å². The van der Waals surface area contributed by atoms with Crippen molar-refractivity contribution in [3.8, 4) is 0 Å². The molecule has 1 rings (SSSR count). The fourth-order valence-electron chi connectivity index (χ4n) is 1.51. The van der Waals surface area contributed by atoms with Crippen LogP contribution in [0.25, 0.3) is 0 Å². The van der Waals surface area contributed by atoms with Crippen molar-refractivity contribution >= 4 is 17.7 Å². The van der Waals surface area contributed by atoms with Gasteiger partial charge >= 0.3 is 0 Å². The Morgan fingerprint density at radius 1 is 1.28 bits per heavy atom.